The molecule has 0 radical (unpaired) electrons. The molecule has 1 fully saturated rings. The number of carbonyl (C=O) groups is 1. The summed E-state index contributed by atoms with van der Waals surface area (Å²) in [6.45, 7) is 2.88. The molecule has 0 unspecified atom stereocenters. The molecule has 1 heterocycles. The molecule has 84 valence electrons. The van der Waals surface area contributed by atoms with E-state index in [0.29, 0.717) is 0 Å². The molecule has 15 heavy (non-hydrogen) atoms. The molecule has 1 saturated heterocycles. The third kappa shape index (κ3) is 2.69. The van der Waals surface area contributed by atoms with Crippen LogP contribution in [-0.4, -0.2) is 36.6 Å². The largest absolute Gasteiger partial charge is 0.468 e. The lowest BCUT2D eigenvalue weighted by atomic mass is 10.1. The number of hydrogen-bond acceptors (Lipinski definition) is 4. The fourth-order valence-electron chi connectivity index (χ4n) is 2.13. The van der Waals surface area contributed by atoms with Crippen LogP contribution in [0, 0.1) is 11.3 Å². The zero-order chi connectivity index (χ0) is 11.3. The molecule has 0 N–H and O–H groups in total. The lowest BCUT2D eigenvalue weighted by Gasteiger charge is -2.26. The Bertz CT molecular complexity index is 260. The minimum atomic E-state index is -0.205. The van der Waals surface area contributed by atoms with Crippen molar-refractivity contribution < 1.29 is 9.53 Å². The van der Waals surface area contributed by atoms with Crippen LogP contribution in [0.25, 0.3) is 0 Å². The van der Waals surface area contributed by atoms with Gasteiger partial charge in [-0.2, -0.15) is 5.26 Å². The Balaban J connectivity index is 2.66. The van der Waals surface area contributed by atoms with E-state index in [9.17, 15) is 4.79 Å². The topological polar surface area (TPSA) is 53.3 Å². The second-order valence-electron chi connectivity index (χ2n) is 3.85. The summed E-state index contributed by atoms with van der Waals surface area (Å²) in [7, 11) is 1.40. The Kier molecular flexibility index (Phi) is 4.57. The van der Waals surface area contributed by atoms with E-state index >= 15 is 0 Å². The van der Waals surface area contributed by atoms with Gasteiger partial charge < -0.3 is 4.74 Å². The predicted molar refractivity (Wildman–Crippen MR) is 56.1 cm³/mol. The van der Waals surface area contributed by atoms with Gasteiger partial charge in [0.25, 0.3) is 0 Å². The Labute approximate surface area is 90.8 Å². The van der Waals surface area contributed by atoms with Crippen molar-refractivity contribution in [3.63, 3.8) is 0 Å². The van der Waals surface area contributed by atoms with Gasteiger partial charge in [0.2, 0.25) is 0 Å². The molecule has 0 aromatic carbocycles. The summed E-state index contributed by atoms with van der Waals surface area (Å²) in [5.74, 6) is -0.205. The molecule has 2 atom stereocenters. The lowest BCUT2D eigenvalue weighted by molar-refractivity contribution is -0.146. The number of likely N-dealkylation sites (tertiary alicyclic amines) is 1. The summed E-state index contributed by atoms with van der Waals surface area (Å²) in [5, 5.41) is 9.05. The molecule has 1 aliphatic heterocycles. The summed E-state index contributed by atoms with van der Waals surface area (Å²) < 4.78 is 4.75. The average molecular weight is 210 g/mol. The molecule has 0 aromatic heterocycles. The second kappa shape index (κ2) is 5.72. The first-order valence-corrected chi connectivity index (χ1v) is 5.47. The smallest absolute Gasteiger partial charge is 0.323 e. The predicted octanol–water partition coefficient (Wildman–Crippen LogP) is 1.32. The number of esters is 1. The quantitative estimate of drug-likeness (QED) is 0.657. The van der Waals surface area contributed by atoms with Crippen molar-refractivity contribution in [3.05, 3.63) is 0 Å². The summed E-state index contributed by atoms with van der Waals surface area (Å²) in [4.78, 5) is 13.5. The normalized spacial score (nSPS) is 23.4. The first kappa shape index (κ1) is 12.0. The van der Waals surface area contributed by atoms with Gasteiger partial charge >= 0.3 is 5.97 Å². The summed E-state index contributed by atoms with van der Waals surface area (Å²) in [6, 6.07) is 1.93. The van der Waals surface area contributed by atoms with Gasteiger partial charge in [0, 0.05) is 6.54 Å². The SMILES string of the molecule is CCC[C@@H](C#N)N1CCC[C@H]1C(=O)OC. The molecule has 1 rings (SSSR count). The monoisotopic (exact) mass is 210 g/mol. The molecule has 0 aliphatic carbocycles. The maximum absolute atomic E-state index is 11.5. The molecular weight excluding hydrogens is 192 g/mol. The van der Waals surface area contributed by atoms with E-state index < -0.39 is 0 Å². The van der Waals surface area contributed by atoms with E-state index in [4.69, 9.17) is 10.00 Å². The number of hydrogen-bond donors (Lipinski definition) is 0. The van der Waals surface area contributed by atoms with E-state index in [0.717, 1.165) is 32.2 Å². The van der Waals surface area contributed by atoms with Crippen molar-refractivity contribution in [2.24, 2.45) is 0 Å². The van der Waals surface area contributed by atoms with E-state index in [-0.39, 0.29) is 18.1 Å². The third-order valence-electron chi connectivity index (χ3n) is 2.88. The minimum Gasteiger partial charge on any atom is -0.468 e. The number of ether oxygens (including phenoxy) is 1. The van der Waals surface area contributed by atoms with E-state index in [1.165, 1.54) is 7.11 Å². The Hall–Kier alpha value is -1.08. The lowest BCUT2D eigenvalue weighted by Crippen LogP contribution is -2.43. The van der Waals surface area contributed by atoms with Gasteiger partial charge in [-0.3, -0.25) is 9.69 Å². The number of methoxy groups -OCH3 is 1. The van der Waals surface area contributed by atoms with Crippen molar-refractivity contribution in [2.75, 3.05) is 13.7 Å². The first-order valence-electron chi connectivity index (χ1n) is 5.47. The highest BCUT2D eigenvalue weighted by Crippen LogP contribution is 2.22. The Morgan fingerprint density at radius 1 is 1.73 bits per heavy atom. The first-order chi connectivity index (χ1) is 7.24. The molecule has 0 bridgehead atoms. The third-order valence-corrected chi connectivity index (χ3v) is 2.88. The highest BCUT2D eigenvalue weighted by molar-refractivity contribution is 5.76. The number of nitrogens with zero attached hydrogens (tertiary/aromatic N) is 2. The van der Waals surface area contributed by atoms with Crippen molar-refractivity contribution >= 4 is 5.97 Å². The van der Waals surface area contributed by atoms with Crippen molar-refractivity contribution in [3.8, 4) is 6.07 Å². The van der Waals surface area contributed by atoms with Crippen molar-refractivity contribution in [2.45, 2.75) is 44.7 Å². The van der Waals surface area contributed by atoms with Crippen LogP contribution in [0.1, 0.15) is 32.6 Å². The van der Waals surface area contributed by atoms with Crippen LogP contribution in [0.4, 0.5) is 0 Å². The standard InChI is InChI=1S/C11H18N2O2/c1-3-5-9(8-12)13-7-4-6-10(13)11(14)15-2/h9-10H,3-7H2,1-2H3/t9-,10-/m0/s1. The van der Waals surface area contributed by atoms with E-state index in [2.05, 4.69) is 6.07 Å². The second-order valence-corrected chi connectivity index (χ2v) is 3.85. The van der Waals surface area contributed by atoms with E-state index in [1.807, 2.05) is 11.8 Å². The molecule has 4 heteroatoms. The zero-order valence-corrected chi connectivity index (χ0v) is 9.40. The summed E-state index contributed by atoms with van der Waals surface area (Å²) >= 11 is 0. The highest BCUT2D eigenvalue weighted by atomic mass is 16.5. The minimum absolute atomic E-state index is 0.137. The van der Waals surface area contributed by atoms with Crippen molar-refractivity contribution in [1.82, 2.24) is 4.90 Å². The van der Waals surface area contributed by atoms with Gasteiger partial charge in [-0.05, 0) is 19.3 Å². The van der Waals surface area contributed by atoms with Crippen molar-refractivity contribution in [1.29, 1.82) is 5.26 Å². The molecule has 0 saturated carbocycles. The fraction of sp³-hybridized carbons (Fsp3) is 0.818. The maximum Gasteiger partial charge on any atom is 0.323 e. The highest BCUT2D eigenvalue weighted by Gasteiger charge is 2.35. The van der Waals surface area contributed by atoms with E-state index in [1.54, 1.807) is 0 Å². The van der Waals surface area contributed by atoms with Crippen LogP contribution < -0.4 is 0 Å². The fourth-order valence-corrected chi connectivity index (χ4v) is 2.13. The molecular formula is C11H18N2O2. The average Bonchev–Trinajstić information content (AvgIpc) is 2.73. The van der Waals surface area contributed by atoms with Gasteiger partial charge in [0.15, 0.2) is 0 Å². The summed E-state index contributed by atoms with van der Waals surface area (Å²) in [5.41, 5.74) is 0. The molecule has 0 spiro atoms. The van der Waals surface area contributed by atoms with Gasteiger partial charge in [-0.15, -0.1) is 0 Å². The zero-order valence-electron chi connectivity index (χ0n) is 9.40. The molecule has 0 amide bonds. The molecule has 1 aliphatic rings. The number of rotatable bonds is 4. The van der Waals surface area contributed by atoms with Crippen LogP contribution in [0.3, 0.4) is 0 Å². The summed E-state index contributed by atoms with van der Waals surface area (Å²) in [6.07, 6.45) is 3.57. The van der Waals surface area contributed by atoms with Gasteiger partial charge in [-0.25, -0.2) is 0 Å². The molecule has 0 aromatic rings. The van der Waals surface area contributed by atoms with Crippen LogP contribution in [0.5, 0.6) is 0 Å². The van der Waals surface area contributed by atoms with Gasteiger partial charge in [0.05, 0.1) is 19.2 Å². The Morgan fingerprint density at radius 3 is 3.00 bits per heavy atom. The Morgan fingerprint density at radius 2 is 2.47 bits per heavy atom. The number of nitriles is 1. The van der Waals surface area contributed by atoms with Crippen LogP contribution in [-0.2, 0) is 9.53 Å². The van der Waals surface area contributed by atoms with Crippen LogP contribution in [0.2, 0.25) is 0 Å². The van der Waals surface area contributed by atoms with Crippen LogP contribution >= 0.6 is 0 Å². The van der Waals surface area contributed by atoms with Gasteiger partial charge in [0.1, 0.15) is 6.04 Å². The molecule has 4 nitrogen and oxygen atoms in total. The van der Waals surface area contributed by atoms with Crippen LogP contribution in [0.15, 0.2) is 0 Å². The van der Waals surface area contributed by atoms with Gasteiger partial charge in [-0.1, -0.05) is 13.3 Å². The maximum atomic E-state index is 11.5. The number of carbonyl (C=O) groups excluding carboxylic acids is 1.